The minimum absolute atomic E-state index is 0.00598. The summed E-state index contributed by atoms with van der Waals surface area (Å²) in [5, 5.41) is 12.7. The molecule has 2 saturated heterocycles. The van der Waals surface area contributed by atoms with Crippen molar-refractivity contribution in [1.82, 2.24) is 10.2 Å². The van der Waals surface area contributed by atoms with Crippen LogP contribution in [0.15, 0.2) is 0 Å². The molecule has 5 nitrogen and oxygen atoms in total. The number of nitrogens with one attached hydrogen (secondary N) is 1. The van der Waals surface area contributed by atoms with Gasteiger partial charge in [-0.15, -0.1) is 0 Å². The molecule has 0 aromatic rings. The quantitative estimate of drug-likeness (QED) is 0.814. The molecular formula is C15H28N2O3. The SMILES string of the molecule is CC1(C)CC(NC(=O)N2CCCC2(C)CO)C(C)(C)O1. The summed E-state index contributed by atoms with van der Waals surface area (Å²) >= 11 is 0. The van der Waals surface area contributed by atoms with Crippen molar-refractivity contribution in [2.24, 2.45) is 0 Å². The van der Waals surface area contributed by atoms with Crippen molar-refractivity contribution < 1.29 is 14.6 Å². The van der Waals surface area contributed by atoms with Crippen LogP contribution in [0.1, 0.15) is 53.9 Å². The lowest BCUT2D eigenvalue weighted by Crippen LogP contribution is -2.56. The number of carbonyl (C=O) groups excluding carboxylic acids is 1. The number of rotatable bonds is 2. The number of ether oxygens (including phenoxy) is 1. The number of nitrogens with zero attached hydrogens (tertiary/aromatic N) is 1. The van der Waals surface area contributed by atoms with Crippen LogP contribution < -0.4 is 5.32 Å². The Morgan fingerprint density at radius 3 is 2.50 bits per heavy atom. The Bertz CT molecular complexity index is 395. The second kappa shape index (κ2) is 4.88. The molecule has 0 spiro atoms. The van der Waals surface area contributed by atoms with Gasteiger partial charge in [-0.05, 0) is 53.9 Å². The molecule has 0 aromatic heterocycles. The topological polar surface area (TPSA) is 61.8 Å². The van der Waals surface area contributed by atoms with Crippen LogP contribution in [0.2, 0.25) is 0 Å². The first-order valence-electron chi connectivity index (χ1n) is 7.49. The molecule has 2 fully saturated rings. The summed E-state index contributed by atoms with van der Waals surface area (Å²) in [6, 6.07) is -0.0908. The van der Waals surface area contributed by atoms with Crippen molar-refractivity contribution in [3.05, 3.63) is 0 Å². The van der Waals surface area contributed by atoms with Crippen LogP contribution in [0.3, 0.4) is 0 Å². The second-order valence-electron chi connectivity index (χ2n) is 7.58. The summed E-state index contributed by atoms with van der Waals surface area (Å²) in [5.41, 5.74) is -1.01. The van der Waals surface area contributed by atoms with Gasteiger partial charge in [0, 0.05) is 6.54 Å². The highest BCUT2D eigenvalue weighted by Gasteiger charge is 2.48. The molecule has 2 unspecified atom stereocenters. The first-order valence-corrected chi connectivity index (χ1v) is 7.49. The lowest BCUT2D eigenvalue weighted by Gasteiger charge is -2.36. The van der Waals surface area contributed by atoms with E-state index in [9.17, 15) is 9.90 Å². The van der Waals surface area contributed by atoms with Crippen molar-refractivity contribution >= 4 is 6.03 Å². The molecule has 0 aromatic carbocycles. The lowest BCUT2D eigenvalue weighted by molar-refractivity contribution is -0.0694. The number of likely N-dealkylation sites (tertiary alicyclic amines) is 1. The summed E-state index contributed by atoms with van der Waals surface area (Å²) in [5.74, 6) is 0. The lowest BCUT2D eigenvalue weighted by atomic mass is 9.94. The van der Waals surface area contributed by atoms with Crippen LogP contribution in [0, 0.1) is 0 Å². The van der Waals surface area contributed by atoms with Crippen LogP contribution in [0.4, 0.5) is 4.79 Å². The van der Waals surface area contributed by atoms with Crippen molar-refractivity contribution in [3.8, 4) is 0 Å². The largest absolute Gasteiger partial charge is 0.394 e. The Morgan fingerprint density at radius 2 is 2.00 bits per heavy atom. The molecule has 2 N–H and O–H groups in total. The summed E-state index contributed by atoms with van der Waals surface area (Å²) < 4.78 is 6.01. The molecule has 0 aliphatic carbocycles. The fraction of sp³-hybridized carbons (Fsp3) is 0.933. The number of hydrogen-bond acceptors (Lipinski definition) is 3. The molecule has 2 aliphatic rings. The van der Waals surface area contributed by atoms with Gasteiger partial charge in [-0.25, -0.2) is 4.79 Å². The van der Waals surface area contributed by atoms with Crippen molar-refractivity contribution in [2.45, 2.75) is 76.7 Å². The van der Waals surface area contributed by atoms with Crippen LogP contribution in [0.25, 0.3) is 0 Å². The predicted octanol–water partition coefficient (Wildman–Crippen LogP) is 1.89. The number of aliphatic hydroxyl groups is 1. The normalized spacial score (nSPS) is 35.3. The Morgan fingerprint density at radius 1 is 1.35 bits per heavy atom. The van der Waals surface area contributed by atoms with Gasteiger partial charge in [0.05, 0.1) is 29.4 Å². The fourth-order valence-electron chi connectivity index (χ4n) is 3.55. The molecular weight excluding hydrogens is 256 g/mol. The maximum Gasteiger partial charge on any atom is 0.318 e. The highest BCUT2D eigenvalue weighted by molar-refractivity contribution is 5.76. The van der Waals surface area contributed by atoms with Crippen LogP contribution >= 0.6 is 0 Å². The van der Waals surface area contributed by atoms with Crippen LogP contribution in [0.5, 0.6) is 0 Å². The van der Waals surface area contributed by atoms with Crippen LogP contribution in [-0.2, 0) is 4.74 Å². The highest BCUT2D eigenvalue weighted by Crippen LogP contribution is 2.37. The molecule has 116 valence electrons. The monoisotopic (exact) mass is 284 g/mol. The van der Waals surface area contributed by atoms with E-state index < -0.39 is 5.54 Å². The van der Waals surface area contributed by atoms with E-state index in [1.54, 1.807) is 4.90 Å². The Hall–Kier alpha value is -0.810. The average molecular weight is 284 g/mol. The van der Waals surface area contributed by atoms with Gasteiger partial charge in [-0.2, -0.15) is 0 Å². The first-order chi connectivity index (χ1) is 9.10. The number of amides is 2. The molecule has 0 radical (unpaired) electrons. The average Bonchev–Trinajstić information content (AvgIpc) is 2.77. The van der Waals surface area contributed by atoms with E-state index >= 15 is 0 Å². The Kier molecular flexibility index (Phi) is 3.80. The number of hydrogen-bond donors (Lipinski definition) is 2. The minimum atomic E-state index is -0.427. The van der Waals surface area contributed by atoms with Gasteiger partial charge in [-0.1, -0.05) is 0 Å². The zero-order valence-corrected chi connectivity index (χ0v) is 13.3. The highest BCUT2D eigenvalue weighted by atomic mass is 16.5. The fourth-order valence-corrected chi connectivity index (χ4v) is 3.55. The smallest absolute Gasteiger partial charge is 0.318 e. The van der Waals surface area contributed by atoms with Gasteiger partial charge in [0.25, 0.3) is 0 Å². The maximum absolute atomic E-state index is 12.5. The van der Waals surface area contributed by atoms with Gasteiger partial charge < -0.3 is 20.1 Å². The molecule has 5 heteroatoms. The van der Waals surface area contributed by atoms with Gasteiger partial charge in [-0.3, -0.25) is 0 Å². The molecule has 2 amide bonds. The molecule has 2 aliphatic heterocycles. The summed E-state index contributed by atoms with van der Waals surface area (Å²) in [7, 11) is 0. The van der Waals surface area contributed by atoms with Gasteiger partial charge in [0.15, 0.2) is 0 Å². The maximum atomic E-state index is 12.5. The van der Waals surface area contributed by atoms with Gasteiger partial charge in [0.2, 0.25) is 0 Å². The van der Waals surface area contributed by atoms with Crippen molar-refractivity contribution in [2.75, 3.05) is 13.2 Å². The van der Waals surface area contributed by atoms with Crippen molar-refractivity contribution in [3.63, 3.8) is 0 Å². The molecule has 2 heterocycles. The summed E-state index contributed by atoms with van der Waals surface area (Å²) in [6.45, 7) is 10.8. The third-order valence-corrected chi connectivity index (χ3v) is 4.71. The van der Waals surface area contributed by atoms with E-state index in [2.05, 4.69) is 19.2 Å². The third-order valence-electron chi connectivity index (χ3n) is 4.71. The molecule has 20 heavy (non-hydrogen) atoms. The number of carbonyl (C=O) groups is 1. The summed E-state index contributed by atoms with van der Waals surface area (Å²) in [4.78, 5) is 14.3. The summed E-state index contributed by atoms with van der Waals surface area (Å²) in [6.07, 6.45) is 2.60. The molecule has 2 atom stereocenters. The second-order valence-corrected chi connectivity index (χ2v) is 7.58. The third kappa shape index (κ3) is 2.79. The van der Waals surface area contributed by atoms with E-state index in [1.165, 1.54) is 0 Å². The van der Waals surface area contributed by atoms with E-state index in [4.69, 9.17) is 4.74 Å². The zero-order valence-electron chi connectivity index (χ0n) is 13.3. The molecule has 0 saturated carbocycles. The van der Waals surface area contributed by atoms with Crippen molar-refractivity contribution in [1.29, 1.82) is 0 Å². The predicted molar refractivity (Wildman–Crippen MR) is 77.6 cm³/mol. The van der Waals surface area contributed by atoms with E-state index in [1.807, 2.05) is 20.8 Å². The van der Waals surface area contributed by atoms with E-state index in [-0.39, 0.29) is 29.9 Å². The van der Waals surface area contributed by atoms with E-state index in [0.29, 0.717) is 6.54 Å². The Balaban J connectivity index is 2.05. The number of aliphatic hydroxyl groups excluding tert-OH is 1. The van der Waals surface area contributed by atoms with Crippen LogP contribution in [-0.4, -0.2) is 52.0 Å². The number of urea groups is 1. The standard InChI is InChI=1S/C15H28N2O3/c1-13(2)9-11(14(3,4)20-13)16-12(19)17-8-6-7-15(17,5)10-18/h11,18H,6-10H2,1-5H3,(H,16,19). The molecule has 0 bridgehead atoms. The molecule has 2 rings (SSSR count). The van der Waals surface area contributed by atoms with Gasteiger partial charge >= 0.3 is 6.03 Å². The first kappa shape index (κ1) is 15.6. The Labute approximate surface area is 121 Å². The zero-order chi connectivity index (χ0) is 15.2. The van der Waals surface area contributed by atoms with E-state index in [0.717, 1.165) is 19.3 Å². The minimum Gasteiger partial charge on any atom is -0.394 e. The van der Waals surface area contributed by atoms with Gasteiger partial charge in [0.1, 0.15) is 0 Å².